The molecular weight excluding hydrogens is 1170 g/mol. The van der Waals surface area contributed by atoms with Gasteiger partial charge in [-0.15, -0.1) is 0 Å². The van der Waals surface area contributed by atoms with Crippen LogP contribution in [0.2, 0.25) is 0 Å². The number of aliphatic hydroxyl groups excluding tert-OH is 2. The van der Waals surface area contributed by atoms with E-state index in [9.17, 15) is 24.2 Å². The van der Waals surface area contributed by atoms with Gasteiger partial charge in [0.1, 0.15) is 41.1 Å². The summed E-state index contributed by atoms with van der Waals surface area (Å²) >= 11 is 2.13. The van der Waals surface area contributed by atoms with Crippen LogP contribution in [-0.2, 0) is 14.1 Å². The maximum atomic E-state index is 15.2. The Balaban J connectivity index is 0.000000197. The van der Waals surface area contributed by atoms with Gasteiger partial charge in [-0.2, -0.15) is 18.7 Å². The maximum Gasteiger partial charge on any atom is 0.368 e. The molecular formula is C52H67F2IN20O6. The summed E-state index contributed by atoms with van der Waals surface area (Å²) in [7, 11) is 2.84. The average molecular weight is 1230 g/mol. The number of piperidine rings is 2. The van der Waals surface area contributed by atoms with Crippen molar-refractivity contribution < 1.29 is 28.8 Å². The molecule has 0 unspecified atom stereocenters. The minimum absolute atomic E-state index is 0.000882. The van der Waals surface area contributed by atoms with Crippen LogP contribution in [0.15, 0.2) is 46.2 Å². The average Bonchev–Trinajstić information content (AvgIpc) is 4.47. The number of rotatable bonds is 14. The minimum atomic E-state index is -0.820. The molecule has 432 valence electrons. The molecule has 0 aliphatic carbocycles. The SMILES string of the molecule is C[C@@H](O)CI.[C-]#[N+]c1cnc(Nc2cc(-n3nnn(C)c3=O)c(O)cc2F)nc1N[C@@H]1C[C@@H]2CCCN2C(C)(C)C1.[C-]#[N+]c1cnc(Nc2cc(-n3nnn(C)c3=O)c(OC[C@@H](C)O)cc2F)nc1N[C@@H]1C[C@@H]2CCCN2C(C)(C)C1. The second-order valence-electron chi connectivity index (χ2n) is 21.9. The summed E-state index contributed by atoms with van der Waals surface area (Å²) < 4.78 is 40.1. The molecule has 0 bridgehead atoms. The Morgan fingerprint density at radius 3 is 1.59 bits per heavy atom. The van der Waals surface area contributed by atoms with Crippen molar-refractivity contribution in [2.75, 3.05) is 45.4 Å². The fourth-order valence-electron chi connectivity index (χ4n) is 11.0. The molecule has 29 heteroatoms. The first-order valence-corrected chi connectivity index (χ1v) is 28.0. The van der Waals surface area contributed by atoms with Crippen LogP contribution in [0.1, 0.15) is 92.9 Å². The number of phenols is 1. The van der Waals surface area contributed by atoms with Crippen LogP contribution in [-0.4, -0.2) is 156 Å². The van der Waals surface area contributed by atoms with Gasteiger partial charge in [-0.05, 0) is 139 Å². The van der Waals surface area contributed by atoms with Crippen LogP contribution < -0.4 is 37.4 Å². The molecule has 2 aromatic carbocycles. The molecule has 7 N–H and O–H groups in total. The van der Waals surface area contributed by atoms with Crippen LogP contribution in [0.5, 0.6) is 11.5 Å². The molecule has 0 spiro atoms. The van der Waals surface area contributed by atoms with E-state index in [0.717, 1.165) is 86.9 Å². The number of benzene rings is 2. The number of fused-ring (bicyclic) bond motifs is 2. The van der Waals surface area contributed by atoms with Gasteiger partial charge in [-0.25, -0.2) is 48.0 Å². The number of ether oxygens (including phenoxy) is 1. The zero-order valence-electron chi connectivity index (χ0n) is 46.3. The van der Waals surface area contributed by atoms with Gasteiger partial charge in [0.25, 0.3) is 0 Å². The summed E-state index contributed by atoms with van der Waals surface area (Å²) in [6.07, 6.45) is 10.2. The van der Waals surface area contributed by atoms with Crippen molar-refractivity contribution in [2.24, 2.45) is 14.1 Å². The molecule has 26 nitrogen and oxygen atoms in total. The smallest absolute Gasteiger partial charge is 0.368 e. The Labute approximate surface area is 479 Å². The Morgan fingerprint density at radius 1 is 0.728 bits per heavy atom. The molecule has 0 saturated carbocycles. The number of alkyl halides is 1. The third-order valence-electron chi connectivity index (χ3n) is 14.6. The third-order valence-corrected chi connectivity index (χ3v) is 15.9. The number of nitrogens with one attached hydrogen (secondary N) is 4. The van der Waals surface area contributed by atoms with E-state index >= 15 is 4.39 Å². The number of aliphatic hydroxyl groups is 2. The van der Waals surface area contributed by atoms with Gasteiger partial charge in [0.05, 0.1) is 36.7 Å². The van der Waals surface area contributed by atoms with Gasteiger partial charge in [-0.1, -0.05) is 22.6 Å². The van der Waals surface area contributed by atoms with E-state index < -0.39 is 34.9 Å². The highest BCUT2D eigenvalue weighted by Gasteiger charge is 2.44. The van der Waals surface area contributed by atoms with Crippen LogP contribution in [0.25, 0.3) is 21.1 Å². The summed E-state index contributed by atoms with van der Waals surface area (Å²) in [5.74, 6) is -1.08. The van der Waals surface area contributed by atoms with Crippen molar-refractivity contribution >= 4 is 68.9 Å². The molecule has 4 aromatic heterocycles. The van der Waals surface area contributed by atoms with Gasteiger partial charge < -0.3 is 41.3 Å². The number of tetrazole rings is 2. The standard InChI is InChI=1S/C26H33FN10O3.C23H27FN10O2.C3H7IO/c1-15(38)14-40-22-10-18(27)19(11-21(22)37-25(39)35(5)33-34-37)31-24-29-13-20(28-4)23(32-24)30-16-9-17-7-6-8-36(17)26(2,3)12-16;1-23(2)11-13(8-14-6-5-7-33(14)23)27-20-17(25-3)12-26-21(29-20)28-16-10-18(19(35)9-15(16)24)34-22(36)32(4)30-31-34;1-3(5)2-4/h10-11,13,15-17,38H,6-9,12,14H2,1-3,5H3,(H2,29,30,31,32);9-10,12-14,35H,5-8,11H2,1-2,4H3,(H2,26,27,28,29);3,5H,2H2,1H3/t15-,16-,17+;13-,14+;3-/m111/s1. The number of phenolic OH excluding ortho intramolecular Hbond substituents is 1. The van der Waals surface area contributed by atoms with Crippen LogP contribution in [0, 0.1) is 24.8 Å². The summed E-state index contributed by atoms with van der Waals surface area (Å²) in [4.78, 5) is 54.4. The van der Waals surface area contributed by atoms with Gasteiger partial charge in [0.15, 0.2) is 11.6 Å². The monoisotopic (exact) mass is 1230 g/mol. The summed E-state index contributed by atoms with van der Waals surface area (Å²) in [5, 5.41) is 55.6. The first kappa shape index (κ1) is 59.7. The molecule has 0 radical (unpaired) electrons. The lowest BCUT2D eigenvalue weighted by atomic mass is 9.84. The van der Waals surface area contributed by atoms with Gasteiger partial charge >= 0.3 is 11.4 Å². The molecule has 4 saturated heterocycles. The van der Waals surface area contributed by atoms with E-state index in [4.69, 9.17) is 23.0 Å². The number of halogens is 3. The second kappa shape index (κ2) is 25.1. The van der Waals surface area contributed by atoms with E-state index in [-0.39, 0.29) is 87.6 Å². The molecule has 4 aliphatic rings. The molecule has 0 amide bonds. The van der Waals surface area contributed by atoms with Crippen LogP contribution in [0.3, 0.4) is 0 Å². The maximum absolute atomic E-state index is 15.2. The van der Waals surface area contributed by atoms with E-state index in [2.05, 4.69) is 132 Å². The highest BCUT2D eigenvalue weighted by Crippen LogP contribution is 2.41. The molecule has 10 rings (SSSR count). The number of aromatic hydroxyl groups is 1. The lowest BCUT2D eigenvalue weighted by Gasteiger charge is -2.48. The molecule has 6 atom stereocenters. The topological polar surface area (TPSA) is 290 Å². The zero-order chi connectivity index (χ0) is 58.5. The number of anilines is 6. The summed E-state index contributed by atoms with van der Waals surface area (Å²) in [5.41, 5.74) is -0.643. The zero-order valence-corrected chi connectivity index (χ0v) is 48.4. The Bertz CT molecular complexity index is 3430. The van der Waals surface area contributed by atoms with E-state index in [1.807, 2.05) is 0 Å². The fraction of sp³-hybridized carbons (Fsp3) is 0.538. The first-order chi connectivity index (χ1) is 38.5. The number of aromatic nitrogens is 12. The Morgan fingerprint density at radius 2 is 1.17 bits per heavy atom. The predicted octanol–water partition coefficient (Wildman–Crippen LogP) is 6.28. The summed E-state index contributed by atoms with van der Waals surface area (Å²) in [6, 6.07) is 5.74. The van der Waals surface area contributed by atoms with Crippen molar-refractivity contribution in [1.82, 2.24) is 69.3 Å². The lowest BCUT2D eigenvalue weighted by Crippen LogP contribution is -2.55. The van der Waals surface area contributed by atoms with Gasteiger partial charge in [0.2, 0.25) is 23.3 Å². The summed E-state index contributed by atoms with van der Waals surface area (Å²) in [6.45, 7) is 29.5. The highest BCUT2D eigenvalue weighted by atomic mass is 127. The van der Waals surface area contributed by atoms with Crippen molar-refractivity contribution in [3.05, 3.63) is 92.1 Å². The Hall–Kier alpha value is -7.45. The molecule has 4 aliphatic heterocycles. The lowest BCUT2D eigenvalue weighted by molar-refractivity contribution is 0.0499. The van der Waals surface area contributed by atoms with E-state index in [1.165, 1.54) is 58.4 Å². The number of aryl methyl sites for hydroxylation is 2. The number of hydrogen-bond acceptors (Lipinski definition) is 20. The molecule has 4 fully saturated rings. The van der Waals surface area contributed by atoms with Crippen molar-refractivity contribution in [2.45, 2.75) is 140 Å². The fourth-order valence-corrected chi connectivity index (χ4v) is 11.0. The van der Waals surface area contributed by atoms with E-state index in [1.54, 1.807) is 6.92 Å². The quantitative estimate of drug-likeness (QED) is 0.0273. The molecule has 81 heavy (non-hydrogen) atoms. The predicted molar refractivity (Wildman–Crippen MR) is 307 cm³/mol. The minimum Gasteiger partial charge on any atom is -0.506 e. The van der Waals surface area contributed by atoms with Crippen LogP contribution in [0.4, 0.5) is 55.1 Å². The van der Waals surface area contributed by atoms with E-state index in [0.29, 0.717) is 23.7 Å². The molecule has 8 heterocycles. The first-order valence-electron chi connectivity index (χ1n) is 26.5. The largest absolute Gasteiger partial charge is 0.506 e. The molecule has 6 aromatic rings. The van der Waals surface area contributed by atoms with Crippen molar-refractivity contribution in [3.63, 3.8) is 0 Å². The third kappa shape index (κ3) is 13.8. The van der Waals surface area contributed by atoms with Crippen molar-refractivity contribution in [3.8, 4) is 22.9 Å². The highest BCUT2D eigenvalue weighted by molar-refractivity contribution is 14.1. The normalized spacial score (nSPS) is 20.6. The van der Waals surface area contributed by atoms with Crippen molar-refractivity contribution in [1.29, 1.82) is 0 Å². The second-order valence-corrected chi connectivity index (χ2v) is 22.8. The number of hydrogen-bond donors (Lipinski definition) is 7. The number of nitrogens with zero attached hydrogens (tertiary/aromatic N) is 16. The van der Waals surface area contributed by atoms with Crippen LogP contribution >= 0.6 is 22.6 Å². The van der Waals surface area contributed by atoms with Gasteiger partial charge in [-0.3, -0.25) is 9.80 Å². The van der Waals surface area contributed by atoms with Gasteiger partial charge in [0, 0.05) is 78.3 Å². The Kier molecular flexibility index (Phi) is 18.5.